The number of benzene rings is 2. The lowest BCUT2D eigenvalue weighted by atomic mass is 9.98. The largest absolute Gasteiger partial charge is 0.480 e. The summed E-state index contributed by atoms with van der Waals surface area (Å²) in [4.78, 5) is 49.1. The van der Waals surface area contributed by atoms with Gasteiger partial charge in [-0.2, -0.15) is 0 Å². The van der Waals surface area contributed by atoms with Crippen molar-refractivity contribution in [2.45, 2.75) is 96.5 Å². The Hall–Kier alpha value is -4.08. The number of alkyl carbamates (subject to hydrolysis) is 2. The molecule has 0 radical (unpaired) electrons. The van der Waals surface area contributed by atoms with Gasteiger partial charge in [0.15, 0.2) is 0 Å². The SMILES string of the molecule is CC(C)(C)OC(=O)NCCN(CC(=O)O)C(=O)CCCCCCCCCCCNC(=O)OCC1c2ccccc2-c2ccccc21. The number of hydrogen-bond acceptors (Lipinski definition) is 6. The molecule has 1 aliphatic rings. The molecule has 0 bridgehead atoms. The van der Waals surface area contributed by atoms with Gasteiger partial charge in [-0.25, -0.2) is 9.59 Å². The molecule has 46 heavy (non-hydrogen) atoms. The molecule has 0 saturated carbocycles. The number of unbranched alkanes of at least 4 members (excludes halogenated alkanes) is 8. The minimum atomic E-state index is -1.08. The first kappa shape index (κ1) is 36.4. The Morgan fingerprint density at radius 3 is 1.83 bits per heavy atom. The molecule has 2 aromatic carbocycles. The Morgan fingerprint density at radius 1 is 0.739 bits per heavy atom. The number of nitrogens with zero attached hydrogens (tertiary/aromatic N) is 1. The quantitative estimate of drug-likeness (QED) is 0.143. The van der Waals surface area contributed by atoms with E-state index in [-0.39, 0.29) is 37.4 Å². The van der Waals surface area contributed by atoms with Crippen molar-refractivity contribution in [3.63, 3.8) is 0 Å². The fourth-order valence-corrected chi connectivity index (χ4v) is 5.70. The predicted molar refractivity (Wildman–Crippen MR) is 178 cm³/mol. The van der Waals surface area contributed by atoms with Crippen molar-refractivity contribution in [3.05, 3.63) is 59.7 Å². The van der Waals surface area contributed by atoms with E-state index in [0.717, 1.165) is 51.4 Å². The number of carboxylic acids is 1. The van der Waals surface area contributed by atoms with E-state index in [1.807, 2.05) is 24.3 Å². The summed E-state index contributed by atoms with van der Waals surface area (Å²) in [5, 5.41) is 14.6. The molecule has 0 heterocycles. The van der Waals surface area contributed by atoms with Gasteiger partial charge in [-0.3, -0.25) is 9.59 Å². The monoisotopic (exact) mass is 637 g/mol. The zero-order valence-corrected chi connectivity index (χ0v) is 27.6. The molecule has 0 spiro atoms. The summed E-state index contributed by atoms with van der Waals surface area (Å²) in [5.41, 5.74) is 4.20. The molecular formula is C36H51N3O7. The van der Waals surface area contributed by atoms with Crippen molar-refractivity contribution >= 4 is 24.1 Å². The first-order valence-electron chi connectivity index (χ1n) is 16.6. The minimum absolute atomic E-state index is 0.0602. The molecule has 2 aromatic rings. The van der Waals surface area contributed by atoms with Crippen LogP contribution in [-0.2, 0) is 19.1 Å². The van der Waals surface area contributed by atoms with E-state index in [4.69, 9.17) is 14.6 Å². The first-order valence-corrected chi connectivity index (χ1v) is 16.6. The Kier molecular flexibility index (Phi) is 14.9. The second-order valence-electron chi connectivity index (χ2n) is 12.8. The predicted octanol–water partition coefficient (Wildman–Crippen LogP) is 6.86. The standard InChI is InChI=1S/C36H51N3O7/c1-36(2,3)46-35(44)38-23-24-39(25-33(41)42)32(40)21-11-9-7-5-4-6-8-10-16-22-37-34(43)45-26-31-29-19-14-12-17-27(29)28-18-13-15-20-30(28)31/h12-15,17-20,31H,4-11,16,21-26H2,1-3H3,(H,37,43)(H,38,44)(H,41,42). The fourth-order valence-electron chi connectivity index (χ4n) is 5.70. The number of hydrogen-bond donors (Lipinski definition) is 3. The van der Waals surface area contributed by atoms with Gasteiger partial charge in [-0.05, 0) is 55.9 Å². The highest BCUT2D eigenvalue weighted by Crippen LogP contribution is 2.44. The first-order chi connectivity index (χ1) is 22.0. The van der Waals surface area contributed by atoms with E-state index < -0.39 is 24.2 Å². The van der Waals surface area contributed by atoms with E-state index in [1.165, 1.54) is 27.2 Å². The van der Waals surface area contributed by atoms with E-state index in [9.17, 15) is 19.2 Å². The van der Waals surface area contributed by atoms with Crippen LogP contribution in [0.15, 0.2) is 48.5 Å². The number of carbonyl (C=O) groups excluding carboxylic acids is 3. The Balaban J connectivity index is 1.17. The van der Waals surface area contributed by atoms with E-state index in [1.54, 1.807) is 20.8 Å². The van der Waals surface area contributed by atoms with Crippen LogP contribution < -0.4 is 10.6 Å². The summed E-state index contributed by atoms with van der Waals surface area (Å²) in [7, 11) is 0. The Morgan fingerprint density at radius 2 is 1.26 bits per heavy atom. The maximum absolute atomic E-state index is 12.6. The Labute approximate surface area is 273 Å². The lowest BCUT2D eigenvalue weighted by Gasteiger charge is -2.23. The van der Waals surface area contributed by atoms with E-state index in [2.05, 4.69) is 34.9 Å². The van der Waals surface area contributed by atoms with E-state index in [0.29, 0.717) is 19.6 Å². The molecule has 0 aliphatic heterocycles. The topological polar surface area (TPSA) is 134 Å². The maximum atomic E-state index is 12.6. The van der Waals surface area contributed by atoms with Gasteiger partial charge in [-0.1, -0.05) is 93.5 Å². The highest BCUT2D eigenvalue weighted by molar-refractivity contribution is 5.81. The number of amides is 3. The summed E-state index contributed by atoms with van der Waals surface area (Å²) in [6.45, 7) is 6.03. The van der Waals surface area contributed by atoms with Gasteiger partial charge in [0.05, 0.1) is 0 Å². The molecule has 0 atom stereocenters. The summed E-state index contributed by atoms with van der Waals surface area (Å²) in [6, 6.07) is 16.6. The third-order valence-corrected chi connectivity index (χ3v) is 7.91. The highest BCUT2D eigenvalue weighted by atomic mass is 16.6. The van der Waals surface area contributed by atoms with Crippen LogP contribution in [0.4, 0.5) is 9.59 Å². The summed E-state index contributed by atoms with van der Waals surface area (Å²) >= 11 is 0. The van der Waals surface area contributed by atoms with Crippen LogP contribution in [0.25, 0.3) is 11.1 Å². The number of aliphatic carboxylic acids is 1. The molecule has 3 N–H and O–H groups in total. The van der Waals surface area contributed by atoms with Crippen molar-refractivity contribution < 1.29 is 33.8 Å². The number of carboxylic acid groups (broad SMARTS) is 1. The van der Waals surface area contributed by atoms with Crippen LogP contribution >= 0.6 is 0 Å². The molecule has 3 amide bonds. The molecule has 252 valence electrons. The smallest absolute Gasteiger partial charge is 0.407 e. The summed E-state index contributed by atoms with van der Waals surface area (Å²) < 4.78 is 10.8. The molecule has 1 aliphatic carbocycles. The summed E-state index contributed by atoms with van der Waals surface area (Å²) in [5.74, 6) is -1.25. The maximum Gasteiger partial charge on any atom is 0.407 e. The lowest BCUT2D eigenvalue weighted by molar-refractivity contribution is -0.144. The number of rotatable bonds is 19. The number of nitrogens with one attached hydrogen (secondary N) is 2. The van der Waals surface area contributed by atoms with Crippen molar-refractivity contribution in [2.75, 3.05) is 32.8 Å². The average molecular weight is 638 g/mol. The van der Waals surface area contributed by atoms with Crippen LogP contribution in [0.3, 0.4) is 0 Å². The number of carbonyl (C=O) groups is 4. The summed E-state index contributed by atoms with van der Waals surface area (Å²) in [6.07, 6.45) is 8.35. The fraction of sp³-hybridized carbons (Fsp3) is 0.556. The van der Waals surface area contributed by atoms with Crippen molar-refractivity contribution in [1.82, 2.24) is 15.5 Å². The van der Waals surface area contributed by atoms with Gasteiger partial charge in [0, 0.05) is 32.0 Å². The Bertz CT molecular complexity index is 1240. The van der Waals surface area contributed by atoms with Crippen LogP contribution in [-0.4, -0.2) is 72.5 Å². The molecule has 3 rings (SSSR count). The van der Waals surface area contributed by atoms with Gasteiger partial charge >= 0.3 is 18.2 Å². The van der Waals surface area contributed by atoms with Crippen LogP contribution in [0.1, 0.15) is 102 Å². The van der Waals surface area contributed by atoms with Gasteiger partial charge in [0.25, 0.3) is 0 Å². The zero-order valence-electron chi connectivity index (χ0n) is 27.6. The molecule has 0 fully saturated rings. The number of fused-ring (bicyclic) bond motifs is 3. The molecule has 10 heteroatoms. The van der Waals surface area contributed by atoms with Gasteiger partial charge in [-0.15, -0.1) is 0 Å². The second-order valence-corrected chi connectivity index (χ2v) is 12.8. The van der Waals surface area contributed by atoms with Crippen molar-refractivity contribution in [2.24, 2.45) is 0 Å². The highest BCUT2D eigenvalue weighted by Gasteiger charge is 2.29. The molecular weight excluding hydrogens is 586 g/mol. The van der Waals surface area contributed by atoms with E-state index >= 15 is 0 Å². The lowest BCUT2D eigenvalue weighted by Crippen LogP contribution is -2.42. The second kappa shape index (κ2) is 18.8. The molecule has 10 nitrogen and oxygen atoms in total. The van der Waals surface area contributed by atoms with Gasteiger partial charge in [0.2, 0.25) is 5.91 Å². The molecule has 0 unspecified atom stereocenters. The average Bonchev–Trinajstić information content (AvgIpc) is 3.32. The third kappa shape index (κ3) is 12.7. The number of ether oxygens (including phenoxy) is 2. The van der Waals surface area contributed by atoms with Gasteiger partial charge < -0.3 is 30.1 Å². The van der Waals surface area contributed by atoms with Crippen molar-refractivity contribution in [1.29, 1.82) is 0 Å². The van der Waals surface area contributed by atoms with Crippen LogP contribution in [0.5, 0.6) is 0 Å². The van der Waals surface area contributed by atoms with Crippen LogP contribution in [0, 0.1) is 0 Å². The van der Waals surface area contributed by atoms with Crippen molar-refractivity contribution in [3.8, 4) is 11.1 Å². The normalized spacial score (nSPS) is 12.2. The minimum Gasteiger partial charge on any atom is -0.480 e. The molecule has 0 saturated heterocycles. The van der Waals surface area contributed by atoms with Crippen LogP contribution in [0.2, 0.25) is 0 Å². The zero-order chi connectivity index (χ0) is 33.4. The third-order valence-electron chi connectivity index (χ3n) is 7.91. The molecule has 0 aromatic heterocycles. The van der Waals surface area contributed by atoms with Gasteiger partial charge in [0.1, 0.15) is 18.8 Å².